The maximum absolute atomic E-state index is 13.8. The molecule has 0 fully saturated rings. The van der Waals surface area contributed by atoms with Gasteiger partial charge in [-0.15, -0.1) is 11.8 Å². The summed E-state index contributed by atoms with van der Waals surface area (Å²) in [5.41, 5.74) is 4.43. The lowest BCUT2D eigenvalue weighted by molar-refractivity contribution is -0.146. The molecule has 0 bridgehead atoms. The molecule has 2 amide bonds. The summed E-state index contributed by atoms with van der Waals surface area (Å²) in [5.74, 6) is -2.26. The second kappa shape index (κ2) is 13.0. The van der Waals surface area contributed by atoms with Crippen LogP contribution in [0.1, 0.15) is 56.4 Å². The molecule has 4 rings (SSSR count). The van der Waals surface area contributed by atoms with Crippen LogP contribution in [0, 0.1) is 13.8 Å². The molecule has 0 radical (unpaired) electrons. The number of thioether (sulfide) groups is 1. The highest BCUT2D eigenvalue weighted by molar-refractivity contribution is 8.00. The summed E-state index contributed by atoms with van der Waals surface area (Å²) in [6.07, 6.45) is 0.432. The van der Waals surface area contributed by atoms with Crippen LogP contribution in [0.4, 0.5) is 11.4 Å². The third-order valence-electron chi connectivity index (χ3n) is 6.54. The number of hydrogen-bond acceptors (Lipinski definition) is 6. The molecule has 208 valence electrons. The molecular weight excluding hydrogens is 552 g/mol. The first-order valence-electron chi connectivity index (χ1n) is 12.7. The number of halogens is 1. The molecule has 1 unspecified atom stereocenters. The van der Waals surface area contributed by atoms with Crippen LogP contribution in [0.2, 0.25) is 5.02 Å². The van der Waals surface area contributed by atoms with Gasteiger partial charge in [0.1, 0.15) is 6.10 Å². The highest BCUT2D eigenvalue weighted by Gasteiger charge is 2.30. The number of carboxylic acids is 1. The van der Waals surface area contributed by atoms with Gasteiger partial charge in [0.2, 0.25) is 0 Å². The van der Waals surface area contributed by atoms with Crippen LogP contribution in [-0.4, -0.2) is 46.9 Å². The van der Waals surface area contributed by atoms with Crippen molar-refractivity contribution in [2.75, 3.05) is 28.3 Å². The van der Waals surface area contributed by atoms with Gasteiger partial charge in [0, 0.05) is 33.9 Å². The van der Waals surface area contributed by atoms with E-state index in [0.29, 0.717) is 58.0 Å². The van der Waals surface area contributed by atoms with Crippen LogP contribution in [0.15, 0.2) is 60.7 Å². The van der Waals surface area contributed by atoms with E-state index in [9.17, 15) is 19.2 Å². The molecule has 10 heteroatoms. The van der Waals surface area contributed by atoms with E-state index in [2.05, 4.69) is 5.32 Å². The molecule has 0 saturated carbocycles. The number of carbonyl (C=O) groups is 4. The Kier molecular flexibility index (Phi) is 9.50. The predicted molar refractivity (Wildman–Crippen MR) is 156 cm³/mol. The number of anilines is 2. The number of esters is 1. The molecule has 8 nitrogen and oxygen atoms in total. The molecule has 1 heterocycles. The first kappa shape index (κ1) is 29.2. The first-order valence-corrected chi connectivity index (χ1v) is 14.2. The van der Waals surface area contributed by atoms with Crippen molar-refractivity contribution in [1.29, 1.82) is 0 Å². The number of ether oxygens (including phenoxy) is 1. The highest BCUT2D eigenvalue weighted by Crippen LogP contribution is 2.38. The number of fused-ring (bicyclic) bond motifs is 1. The van der Waals surface area contributed by atoms with Gasteiger partial charge in [0.25, 0.3) is 11.8 Å². The Morgan fingerprint density at radius 3 is 2.50 bits per heavy atom. The number of rotatable bonds is 8. The minimum atomic E-state index is -1.00. The summed E-state index contributed by atoms with van der Waals surface area (Å²) in [4.78, 5) is 51.4. The summed E-state index contributed by atoms with van der Waals surface area (Å²) in [5, 5.41) is 12.2. The van der Waals surface area contributed by atoms with Crippen molar-refractivity contribution >= 4 is 58.5 Å². The number of nitrogens with one attached hydrogen (secondary N) is 1. The topological polar surface area (TPSA) is 113 Å². The lowest BCUT2D eigenvalue weighted by Crippen LogP contribution is -2.32. The van der Waals surface area contributed by atoms with Gasteiger partial charge in [-0.3, -0.25) is 19.2 Å². The molecule has 3 aromatic rings. The molecule has 1 aliphatic heterocycles. The first-order chi connectivity index (χ1) is 19.1. The summed E-state index contributed by atoms with van der Waals surface area (Å²) >= 11 is 7.25. The lowest BCUT2D eigenvalue weighted by atomic mass is 10.0. The largest absolute Gasteiger partial charge is 0.481 e. The minimum Gasteiger partial charge on any atom is -0.481 e. The zero-order valence-electron chi connectivity index (χ0n) is 22.1. The second-order valence-corrected chi connectivity index (χ2v) is 10.9. The normalized spacial score (nSPS) is 14.6. The van der Waals surface area contributed by atoms with Crippen LogP contribution in [0.5, 0.6) is 0 Å². The van der Waals surface area contributed by atoms with Crippen molar-refractivity contribution in [3.05, 3.63) is 93.5 Å². The number of carbonyl (C=O) groups excluding carboxylic acids is 3. The number of aryl methyl sites for hydroxylation is 2. The average molecular weight is 581 g/mol. The molecule has 0 saturated heterocycles. The fraction of sp³-hybridized carbons (Fsp3) is 0.267. The number of hydrogen-bond donors (Lipinski definition) is 2. The van der Waals surface area contributed by atoms with E-state index in [1.54, 1.807) is 47.4 Å². The van der Waals surface area contributed by atoms with Gasteiger partial charge in [-0.1, -0.05) is 29.8 Å². The van der Waals surface area contributed by atoms with Gasteiger partial charge in [-0.2, -0.15) is 0 Å². The van der Waals surface area contributed by atoms with Crippen LogP contribution in [0.25, 0.3) is 0 Å². The lowest BCUT2D eigenvalue weighted by Gasteiger charge is -2.25. The van der Waals surface area contributed by atoms with E-state index >= 15 is 0 Å². The van der Waals surface area contributed by atoms with Gasteiger partial charge in [0.15, 0.2) is 0 Å². The molecular formula is C30H29ClN2O6S. The average Bonchev–Trinajstić information content (AvgIpc) is 3.07. The summed E-state index contributed by atoms with van der Waals surface area (Å²) in [7, 11) is 0. The minimum absolute atomic E-state index is 0.0900. The molecule has 3 aromatic carbocycles. The number of nitrogens with zero attached hydrogens (tertiary/aromatic N) is 1. The quantitative estimate of drug-likeness (QED) is 0.312. The second-order valence-electron chi connectivity index (χ2n) is 9.47. The van der Waals surface area contributed by atoms with Crippen molar-refractivity contribution in [2.24, 2.45) is 0 Å². The maximum Gasteiger partial charge on any atom is 0.316 e. The van der Waals surface area contributed by atoms with Crippen LogP contribution >= 0.6 is 23.4 Å². The summed E-state index contributed by atoms with van der Waals surface area (Å²) in [6, 6.07) is 17.6. The highest BCUT2D eigenvalue weighted by atomic mass is 35.5. The fourth-order valence-electron chi connectivity index (χ4n) is 4.64. The maximum atomic E-state index is 13.8. The van der Waals surface area contributed by atoms with Crippen molar-refractivity contribution in [2.45, 2.75) is 32.8 Å². The Labute approximate surface area is 241 Å². The third kappa shape index (κ3) is 7.03. The number of amides is 2. The van der Waals surface area contributed by atoms with E-state index in [-0.39, 0.29) is 23.3 Å². The number of carboxylic acid groups (broad SMARTS) is 1. The van der Waals surface area contributed by atoms with Crippen LogP contribution in [0.3, 0.4) is 0 Å². The smallest absolute Gasteiger partial charge is 0.316 e. The van der Waals surface area contributed by atoms with Crippen molar-refractivity contribution < 1.29 is 29.0 Å². The van der Waals surface area contributed by atoms with Gasteiger partial charge in [-0.05, 0) is 80.3 Å². The molecule has 0 aliphatic carbocycles. The summed E-state index contributed by atoms with van der Waals surface area (Å²) in [6.45, 7) is 4.09. The van der Waals surface area contributed by atoms with Gasteiger partial charge in [-0.25, -0.2) is 0 Å². The van der Waals surface area contributed by atoms with Crippen molar-refractivity contribution in [1.82, 2.24) is 0 Å². The fourth-order valence-corrected chi connectivity index (χ4v) is 5.33. The molecule has 0 spiro atoms. The van der Waals surface area contributed by atoms with E-state index in [0.717, 1.165) is 17.3 Å². The van der Waals surface area contributed by atoms with E-state index in [1.807, 2.05) is 32.0 Å². The summed E-state index contributed by atoms with van der Waals surface area (Å²) < 4.78 is 5.70. The molecule has 0 aromatic heterocycles. The Bertz CT molecular complexity index is 1460. The molecule has 40 heavy (non-hydrogen) atoms. The molecule has 1 atom stereocenters. The molecule has 1 aliphatic rings. The third-order valence-corrected chi connectivity index (χ3v) is 7.67. The van der Waals surface area contributed by atoms with Crippen molar-refractivity contribution in [3.63, 3.8) is 0 Å². The standard InChI is InChI=1S/C30H29ClN2O6S/c1-18-6-3-4-7-22(18)29(37)32-21-10-11-23(19(2)14-21)30(38)33-13-5-8-26(24-15-20(31)9-12-25(24)33)39-28(36)17-40-16-27(34)35/h3-4,6-7,9-12,14-15,26H,5,8,13,16-17H2,1-2H3,(H,32,37)(H,34,35). The monoisotopic (exact) mass is 580 g/mol. The SMILES string of the molecule is Cc1ccccc1C(=O)Nc1ccc(C(=O)N2CCCC(OC(=O)CSCC(=O)O)c3cc(Cl)ccc32)c(C)c1. The van der Waals surface area contributed by atoms with Gasteiger partial charge < -0.3 is 20.1 Å². The van der Waals surface area contributed by atoms with Crippen LogP contribution < -0.4 is 10.2 Å². The Morgan fingerprint density at radius 1 is 1.00 bits per heavy atom. The van der Waals surface area contributed by atoms with Crippen molar-refractivity contribution in [3.8, 4) is 0 Å². The van der Waals surface area contributed by atoms with Gasteiger partial charge in [0.05, 0.1) is 17.2 Å². The van der Waals surface area contributed by atoms with Crippen LogP contribution in [-0.2, 0) is 14.3 Å². The van der Waals surface area contributed by atoms with E-state index < -0.39 is 18.0 Å². The Balaban J connectivity index is 1.54. The molecule has 2 N–H and O–H groups in total. The van der Waals surface area contributed by atoms with E-state index in [1.165, 1.54) is 0 Å². The zero-order chi connectivity index (χ0) is 28.8. The number of aliphatic carboxylic acids is 1. The zero-order valence-corrected chi connectivity index (χ0v) is 23.7. The number of benzene rings is 3. The van der Waals surface area contributed by atoms with E-state index in [4.69, 9.17) is 21.4 Å². The Morgan fingerprint density at radius 2 is 1.77 bits per heavy atom. The Hall–Kier alpha value is -3.82. The van der Waals surface area contributed by atoms with Gasteiger partial charge >= 0.3 is 11.9 Å². The predicted octanol–water partition coefficient (Wildman–Crippen LogP) is 6.05.